The number of sulfonamides is 1. The van der Waals surface area contributed by atoms with Crippen LogP contribution in [0.5, 0.6) is 0 Å². The summed E-state index contributed by atoms with van der Waals surface area (Å²) in [7, 11) is -3.61. The number of amides is 1. The van der Waals surface area contributed by atoms with E-state index in [1.165, 1.54) is 24.3 Å². The van der Waals surface area contributed by atoms with Gasteiger partial charge in [0.2, 0.25) is 10.0 Å². The number of morpholine rings is 1. The number of nitrogens with zero attached hydrogens (tertiary/aromatic N) is 2. The fourth-order valence-corrected chi connectivity index (χ4v) is 3.76. The molecule has 0 spiro atoms. The van der Waals surface area contributed by atoms with Crippen LogP contribution in [0.3, 0.4) is 0 Å². The summed E-state index contributed by atoms with van der Waals surface area (Å²) in [5, 5.41) is 11.5. The largest absolute Gasteiger partial charge is 0.395 e. The SMILES string of the molecule is CC1CN(c2cccc(NC(=O)c3ccc(NS(=O)(=O)CCO)cc3)n2)CCO1. The van der Waals surface area contributed by atoms with E-state index in [0.29, 0.717) is 23.7 Å². The van der Waals surface area contributed by atoms with Crippen LogP contribution in [-0.4, -0.2) is 62.6 Å². The molecule has 1 amide bonds. The van der Waals surface area contributed by atoms with Gasteiger partial charge >= 0.3 is 0 Å². The number of aliphatic hydroxyl groups excluding tert-OH is 1. The minimum absolute atomic E-state index is 0.122. The number of pyridine rings is 1. The van der Waals surface area contributed by atoms with Crippen molar-refractivity contribution in [2.75, 3.05) is 47.0 Å². The molecule has 3 rings (SSSR count). The number of anilines is 3. The predicted octanol–water partition coefficient (Wildman–Crippen LogP) is 1.29. The van der Waals surface area contributed by atoms with Gasteiger partial charge in [-0.05, 0) is 43.3 Å². The van der Waals surface area contributed by atoms with Crippen molar-refractivity contribution in [3.63, 3.8) is 0 Å². The molecule has 0 saturated carbocycles. The third-order valence-corrected chi connectivity index (χ3v) is 5.59. The van der Waals surface area contributed by atoms with Gasteiger partial charge in [-0.3, -0.25) is 9.52 Å². The van der Waals surface area contributed by atoms with Crippen LogP contribution < -0.4 is 14.9 Å². The van der Waals surface area contributed by atoms with Crippen molar-refractivity contribution < 1.29 is 23.1 Å². The molecule has 1 saturated heterocycles. The maximum absolute atomic E-state index is 12.5. The fraction of sp³-hybridized carbons (Fsp3) is 0.368. The molecule has 1 unspecified atom stereocenters. The van der Waals surface area contributed by atoms with Gasteiger partial charge in [0.1, 0.15) is 11.6 Å². The van der Waals surface area contributed by atoms with E-state index in [0.717, 1.165) is 18.9 Å². The van der Waals surface area contributed by atoms with E-state index in [-0.39, 0.29) is 17.8 Å². The van der Waals surface area contributed by atoms with Crippen LogP contribution in [0.25, 0.3) is 0 Å². The topological polar surface area (TPSA) is 121 Å². The molecule has 156 valence electrons. The molecule has 1 fully saturated rings. The maximum atomic E-state index is 12.5. The lowest BCUT2D eigenvalue weighted by Crippen LogP contribution is -2.41. The molecule has 9 nitrogen and oxygen atoms in total. The van der Waals surface area contributed by atoms with Crippen molar-refractivity contribution in [1.29, 1.82) is 0 Å². The molecule has 0 radical (unpaired) electrons. The summed E-state index contributed by atoms with van der Waals surface area (Å²) in [5.41, 5.74) is 0.680. The molecule has 1 aromatic heterocycles. The number of aromatic nitrogens is 1. The first-order chi connectivity index (χ1) is 13.9. The quantitative estimate of drug-likeness (QED) is 0.617. The number of carbonyl (C=O) groups is 1. The zero-order valence-corrected chi connectivity index (χ0v) is 16.9. The average molecular weight is 420 g/mol. The number of aliphatic hydroxyl groups is 1. The first-order valence-electron chi connectivity index (χ1n) is 9.23. The van der Waals surface area contributed by atoms with Gasteiger partial charge in [0.05, 0.1) is 25.1 Å². The molecule has 1 atom stereocenters. The molecule has 2 heterocycles. The zero-order chi connectivity index (χ0) is 20.9. The molecule has 1 aliphatic heterocycles. The first-order valence-corrected chi connectivity index (χ1v) is 10.9. The third kappa shape index (κ3) is 5.89. The van der Waals surface area contributed by atoms with Gasteiger partial charge < -0.3 is 20.1 Å². The Morgan fingerprint density at radius 1 is 1.28 bits per heavy atom. The Bertz CT molecular complexity index is 949. The van der Waals surface area contributed by atoms with Crippen LogP contribution in [0.15, 0.2) is 42.5 Å². The Labute approximate surface area is 169 Å². The fourth-order valence-electron chi connectivity index (χ4n) is 2.92. The van der Waals surface area contributed by atoms with Gasteiger partial charge in [-0.2, -0.15) is 0 Å². The van der Waals surface area contributed by atoms with Gasteiger partial charge in [-0.1, -0.05) is 6.07 Å². The molecule has 3 N–H and O–H groups in total. The summed E-state index contributed by atoms with van der Waals surface area (Å²) in [6.45, 7) is 3.64. The highest BCUT2D eigenvalue weighted by molar-refractivity contribution is 7.92. The van der Waals surface area contributed by atoms with E-state index in [2.05, 4.69) is 19.9 Å². The number of hydrogen-bond donors (Lipinski definition) is 3. The summed E-state index contributed by atoms with van der Waals surface area (Å²) in [4.78, 5) is 19.1. The lowest BCUT2D eigenvalue weighted by atomic mass is 10.2. The van der Waals surface area contributed by atoms with E-state index in [1.54, 1.807) is 6.07 Å². The van der Waals surface area contributed by atoms with Crippen molar-refractivity contribution in [1.82, 2.24) is 4.98 Å². The lowest BCUT2D eigenvalue weighted by molar-refractivity contribution is 0.0529. The van der Waals surface area contributed by atoms with Crippen LogP contribution in [0.1, 0.15) is 17.3 Å². The van der Waals surface area contributed by atoms with E-state index in [4.69, 9.17) is 9.84 Å². The van der Waals surface area contributed by atoms with Crippen molar-refractivity contribution >= 4 is 33.3 Å². The second-order valence-electron chi connectivity index (χ2n) is 6.68. The monoisotopic (exact) mass is 420 g/mol. The molecule has 29 heavy (non-hydrogen) atoms. The molecule has 2 aromatic rings. The highest BCUT2D eigenvalue weighted by Gasteiger charge is 2.18. The van der Waals surface area contributed by atoms with Gasteiger partial charge in [0.15, 0.2) is 0 Å². The normalized spacial score (nSPS) is 17.0. The Balaban J connectivity index is 1.65. The summed E-state index contributed by atoms with van der Waals surface area (Å²) in [6, 6.07) is 11.4. The smallest absolute Gasteiger partial charge is 0.256 e. The minimum atomic E-state index is -3.61. The Morgan fingerprint density at radius 2 is 2.03 bits per heavy atom. The van der Waals surface area contributed by atoms with Crippen molar-refractivity contribution in [3.8, 4) is 0 Å². The molecular formula is C19H24N4O5S. The van der Waals surface area contributed by atoms with Gasteiger partial charge in [0, 0.05) is 24.3 Å². The van der Waals surface area contributed by atoms with Crippen LogP contribution in [0, 0.1) is 0 Å². The second-order valence-corrected chi connectivity index (χ2v) is 8.53. The summed E-state index contributed by atoms with van der Waals surface area (Å²) >= 11 is 0. The standard InChI is InChI=1S/C19H24N4O5S/c1-14-13-23(9-11-28-14)18-4-2-3-17(20-18)21-19(25)15-5-7-16(8-6-15)22-29(26,27)12-10-24/h2-8,14,22,24H,9-13H2,1H3,(H,20,21,25). The summed E-state index contributed by atoms with van der Waals surface area (Å²) in [6.07, 6.45) is 0.122. The average Bonchev–Trinajstić information content (AvgIpc) is 2.68. The first kappa shape index (κ1) is 21.0. The Kier molecular flexibility index (Phi) is 6.68. The molecule has 1 aromatic carbocycles. The second kappa shape index (κ2) is 9.21. The van der Waals surface area contributed by atoms with E-state index in [9.17, 15) is 13.2 Å². The Hall–Kier alpha value is -2.69. The number of hydrogen-bond acceptors (Lipinski definition) is 7. The van der Waals surface area contributed by atoms with Crippen molar-refractivity contribution in [3.05, 3.63) is 48.0 Å². The molecule has 0 aliphatic carbocycles. The highest BCUT2D eigenvalue weighted by atomic mass is 32.2. The van der Waals surface area contributed by atoms with Crippen LogP contribution in [-0.2, 0) is 14.8 Å². The number of rotatable bonds is 7. The summed E-state index contributed by atoms with van der Waals surface area (Å²) < 4.78 is 31.2. The third-order valence-electron chi connectivity index (χ3n) is 4.32. The molecular weight excluding hydrogens is 396 g/mol. The number of carbonyl (C=O) groups excluding carboxylic acids is 1. The van der Waals surface area contributed by atoms with E-state index in [1.807, 2.05) is 19.1 Å². The van der Waals surface area contributed by atoms with Gasteiger partial charge in [-0.15, -0.1) is 0 Å². The number of ether oxygens (including phenoxy) is 1. The van der Waals surface area contributed by atoms with Crippen molar-refractivity contribution in [2.45, 2.75) is 13.0 Å². The predicted molar refractivity (Wildman–Crippen MR) is 111 cm³/mol. The van der Waals surface area contributed by atoms with Crippen molar-refractivity contribution in [2.24, 2.45) is 0 Å². The molecule has 0 bridgehead atoms. The maximum Gasteiger partial charge on any atom is 0.256 e. The highest BCUT2D eigenvalue weighted by Crippen LogP contribution is 2.18. The Morgan fingerprint density at radius 3 is 2.72 bits per heavy atom. The van der Waals surface area contributed by atoms with E-state index < -0.39 is 16.6 Å². The van der Waals surface area contributed by atoms with Crippen LogP contribution in [0.2, 0.25) is 0 Å². The van der Waals surface area contributed by atoms with Gasteiger partial charge in [0.25, 0.3) is 5.91 Å². The molecule has 1 aliphatic rings. The van der Waals surface area contributed by atoms with Crippen LogP contribution in [0.4, 0.5) is 17.3 Å². The zero-order valence-electron chi connectivity index (χ0n) is 16.0. The summed E-state index contributed by atoms with van der Waals surface area (Å²) in [5.74, 6) is 0.458. The van der Waals surface area contributed by atoms with Gasteiger partial charge in [-0.25, -0.2) is 13.4 Å². The molecule has 10 heteroatoms. The van der Waals surface area contributed by atoms with Crippen LogP contribution >= 0.6 is 0 Å². The van der Waals surface area contributed by atoms with E-state index >= 15 is 0 Å². The minimum Gasteiger partial charge on any atom is -0.395 e. The lowest BCUT2D eigenvalue weighted by Gasteiger charge is -2.32. The number of nitrogens with one attached hydrogen (secondary N) is 2. The number of benzene rings is 1.